The van der Waals surface area contributed by atoms with Gasteiger partial charge >= 0.3 is 0 Å². The lowest BCUT2D eigenvalue weighted by Gasteiger charge is -2.22. The van der Waals surface area contributed by atoms with E-state index in [0.29, 0.717) is 0 Å². The molecule has 1 aliphatic rings. The lowest BCUT2D eigenvalue weighted by Crippen LogP contribution is -2.29. The van der Waals surface area contributed by atoms with Crippen LogP contribution in [-0.4, -0.2) is 48.1 Å². The van der Waals surface area contributed by atoms with E-state index in [9.17, 15) is 0 Å². The minimum absolute atomic E-state index is 0.743. The zero-order chi connectivity index (χ0) is 13.2. The fourth-order valence-corrected chi connectivity index (χ4v) is 2.57. The highest BCUT2D eigenvalue weighted by Crippen LogP contribution is 2.25. The van der Waals surface area contributed by atoms with Gasteiger partial charge in [0.25, 0.3) is 0 Å². The normalized spacial score (nSPS) is 17.6. The number of benzene rings is 1. The second-order valence-corrected chi connectivity index (χ2v) is 5.12. The van der Waals surface area contributed by atoms with Gasteiger partial charge in [0.1, 0.15) is 12.1 Å². The number of fused-ring (bicyclic) bond motifs is 1. The fraction of sp³-hybridized carbons (Fsp3) is 0.429. The van der Waals surface area contributed by atoms with Crippen molar-refractivity contribution in [1.82, 2.24) is 14.9 Å². The van der Waals surface area contributed by atoms with Crippen LogP contribution in [-0.2, 0) is 0 Å². The first-order valence-corrected chi connectivity index (χ1v) is 6.68. The summed E-state index contributed by atoms with van der Waals surface area (Å²) in [5.74, 6) is 1.03. The van der Waals surface area contributed by atoms with Crippen LogP contribution in [0, 0.1) is 0 Å². The minimum atomic E-state index is 0.743. The molecule has 0 amide bonds. The number of hydrogen-bond acceptors (Lipinski definition) is 5. The van der Waals surface area contributed by atoms with Gasteiger partial charge in [-0.3, -0.25) is 0 Å². The third-order valence-corrected chi connectivity index (χ3v) is 3.66. The summed E-state index contributed by atoms with van der Waals surface area (Å²) in [7, 11) is 2.17. The Morgan fingerprint density at radius 1 is 1.11 bits per heavy atom. The Hall–Kier alpha value is -1.88. The number of anilines is 2. The minimum Gasteiger partial charge on any atom is -0.399 e. The van der Waals surface area contributed by atoms with E-state index < -0.39 is 0 Å². The maximum absolute atomic E-state index is 5.81. The number of nitrogen functional groups attached to an aromatic ring is 1. The zero-order valence-electron chi connectivity index (χ0n) is 11.2. The van der Waals surface area contributed by atoms with Gasteiger partial charge < -0.3 is 15.5 Å². The quantitative estimate of drug-likeness (QED) is 0.782. The van der Waals surface area contributed by atoms with Gasteiger partial charge in [0.15, 0.2) is 0 Å². The van der Waals surface area contributed by atoms with Gasteiger partial charge in [-0.15, -0.1) is 0 Å². The van der Waals surface area contributed by atoms with E-state index in [-0.39, 0.29) is 0 Å². The van der Waals surface area contributed by atoms with E-state index in [2.05, 4.69) is 26.8 Å². The highest BCUT2D eigenvalue weighted by molar-refractivity contribution is 5.91. The molecule has 0 atom stereocenters. The van der Waals surface area contributed by atoms with Crippen molar-refractivity contribution in [3.05, 3.63) is 24.5 Å². The third kappa shape index (κ3) is 2.46. The largest absolute Gasteiger partial charge is 0.399 e. The van der Waals surface area contributed by atoms with E-state index in [1.165, 1.54) is 0 Å². The van der Waals surface area contributed by atoms with Crippen LogP contribution in [0.1, 0.15) is 6.42 Å². The Bertz CT molecular complexity index is 583. The molecule has 1 aromatic heterocycles. The van der Waals surface area contributed by atoms with Crippen LogP contribution >= 0.6 is 0 Å². The summed E-state index contributed by atoms with van der Waals surface area (Å²) in [6, 6.07) is 5.85. The number of aromatic nitrogens is 2. The average molecular weight is 257 g/mol. The summed E-state index contributed by atoms with van der Waals surface area (Å²) >= 11 is 0. The molecule has 100 valence electrons. The molecule has 0 bridgehead atoms. The van der Waals surface area contributed by atoms with Gasteiger partial charge in [-0.05, 0) is 38.2 Å². The summed E-state index contributed by atoms with van der Waals surface area (Å²) in [6.07, 6.45) is 2.79. The molecule has 1 aromatic carbocycles. The van der Waals surface area contributed by atoms with E-state index >= 15 is 0 Å². The molecule has 0 aliphatic carbocycles. The zero-order valence-corrected chi connectivity index (χ0v) is 11.2. The number of nitrogens with two attached hydrogens (primary N) is 1. The lowest BCUT2D eigenvalue weighted by atomic mass is 10.2. The molecule has 1 saturated heterocycles. The molecule has 5 heteroatoms. The average Bonchev–Trinajstić information content (AvgIpc) is 2.62. The number of rotatable bonds is 1. The monoisotopic (exact) mass is 257 g/mol. The Kier molecular flexibility index (Phi) is 3.21. The van der Waals surface area contributed by atoms with Crippen molar-refractivity contribution >= 4 is 22.4 Å². The van der Waals surface area contributed by atoms with Gasteiger partial charge in [0, 0.05) is 30.7 Å². The van der Waals surface area contributed by atoms with Crippen LogP contribution in [0.15, 0.2) is 24.5 Å². The Balaban J connectivity index is 2.00. The second kappa shape index (κ2) is 5.01. The van der Waals surface area contributed by atoms with Crippen LogP contribution < -0.4 is 10.6 Å². The molecule has 19 heavy (non-hydrogen) atoms. The van der Waals surface area contributed by atoms with E-state index in [0.717, 1.165) is 55.0 Å². The molecule has 5 nitrogen and oxygen atoms in total. The first kappa shape index (κ1) is 12.2. The van der Waals surface area contributed by atoms with Crippen LogP contribution in [0.4, 0.5) is 11.5 Å². The molecule has 0 spiro atoms. The molecule has 2 heterocycles. The highest BCUT2D eigenvalue weighted by Gasteiger charge is 2.16. The van der Waals surface area contributed by atoms with Crippen LogP contribution in [0.5, 0.6) is 0 Å². The van der Waals surface area contributed by atoms with Crippen molar-refractivity contribution in [2.24, 2.45) is 0 Å². The van der Waals surface area contributed by atoms with Crippen molar-refractivity contribution in [1.29, 1.82) is 0 Å². The molecule has 1 aliphatic heterocycles. The van der Waals surface area contributed by atoms with Gasteiger partial charge in [-0.1, -0.05) is 0 Å². The van der Waals surface area contributed by atoms with E-state index in [1.54, 1.807) is 6.33 Å². The summed E-state index contributed by atoms with van der Waals surface area (Å²) in [4.78, 5) is 13.5. The predicted octanol–water partition coefficient (Wildman–Crippen LogP) is 1.35. The molecular formula is C14H19N5. The molecule has 1 fully saturated rings. The van der Waals surface area contributed by atoms with Gasteiger partial charge in [0.05, 0.1) is 5.52 Å². The summed E-state index contributed by atoms with van der Waals surface area (Å²) in [5.41, 5.74) is 7.48. The van der Waals surface area contributed by atoms with Crippen molar-refractivity contribution in [3.8, 4) is 0 Å². The maximum atomic E-state index is 5.81. The van der Waals surface area contributed by atoms with E-state index in [1.807, 2.05) is 18.2 Å². The van der Waals surface area contributed by atoms with Crippen molar-refractivity contribution < 1.29 is 0 Å². The van der Waals surface area contributed by atoms with Gasteiger partial charge in [-0.2, -0.15) is 0 Å². The Labute approximate surface area is 113 Å². The first-order chi connectivity index (χ1) is 9.24. The van der Waals surface area contributed by atoms with Crippen LogP contribution in [0.3, 0.4) is 0 Å². The fourth-order valence-electron chi connectivity index (χ4n) is 2.57. The molecule has 3 rings (SSSR count). The third-order valence-electron chi connectivity index (χ3n) is 3.66. The Morgan fingerprint density at radius 2 is 2.00 bits per heavy atom. The van der Waals surface area contributed by atoms with Crippen molar-refractivity contribution in [2.75, 3.05) is 43.9 Å². The molecule has 0 saturated carbocycles. The molecular weight excluding hydrogens is 238 g/mol. The van der Waals surface area contributed by atoms with Crippen molar-refractivity contribution in [3.63, 3.8) is 0 Å². The highest BCUT2D eigenvalue weighted by atomic mass is 15.2. The van der Waals surface area contributed by atoms with Gasteiger partial charge in [0.2, 0.25) is 0 Å². The molecule has 0 unspecified atom stereocenters. The summed E-state index contributed by atoms with van der Waals surface area (Å²) in [6.45, 7) is 4.26. The summed E-state index contributed by atoms with van der Waals surface area (Å²) < 4.78 is 0. The van der Waals surface area contributed by atoms with Crippen molar-refractivity contribution in [2.45, 2.75) is 6.42 Å². The standard InChI is InChI=1S/C14H19N5/c1-18-5-2-6-19(8-7-18)14-12-4-3-11(15)9-13(12)16-10-17-14/h3-4,9-10H,2,5-8,15H2,1H3. The molecule has 2 aromatic rings. The SMILES string of the molecule is CN1CCCN(c2ncnc3cc(N)ccc23)CC1. The topological polar surface area (TPSA) is 58.3 Å². The number of likely N-dealkylation sites (N-methyl/N-ethyl adjacent to an activating group) is 1. The summed E-state index contributed by atoms with van der Waals surface area (Å²) in [5, 5.41) is 1.08. The lowest BCUT2D eigenvalue weighted by molar-refractivity contribution is 0.360. The number of hydrogen-bond donors (Lipinski definition) is 1. The van der Waals surface area contributed by atoms with Gasteiger partial charge in [-0.25, -0.2) is 9.97 Å². The number of nitrogens with zero attached hydrogens (tertiary/aromatic N) is 4. The van der Waals surface area contributed by atoms with Crippen LogP contribution in [0.25, 0.3) is 10.9 Å². The predicted molar refractivity (Wildman–Crippen MR) is 78.3 cm³/mol. The first-order valence-electron chi connectivity index (χ1n) is 6.68. The second-order valence-electron chi connectivity index (χ2n) is 5.12. The molecule has 2 N–H and O–H groups in total. The smallest absolute Gasteiger partial charge is 0.139 e. The van der Waals surface area contributed by atoms with Crippen LogP contribution in [0.2, 0.25) is 0 Å². The maximum Gasteiger partial charge on any atom is 0.139 e. The van der Waals surface area contributed by atoms with E-state index in [4.69, 9.17) is 5.73 Å². The molecule has 0 radical (unpaired) electrons. The Morgan fingerprint density at radius 3 is 2.89 bits per heavy atom.